The number of rotatable bonds is 4. The Morgan fingerprint density at radius 1 is 1.00 bits per heavy atom. The number of pyridine rings is 1. The number of anilines is 3. The Morgan fingerprint density at radius 3 is 2.51 bits per heavy atom. The molecule has 2 atom stereocenters. The standard InChI is InChI=1S/C26H30ClFN6.CH4/c1-17-8-9-20(14-22(17)28)23-15-24(31-26(30-23)34-11-5-6-18(34)2)33-13-12-32(16-19(33)3)25-21(27)7-4-10-29-25;/h4,7-10,14-15,18-19H,5-6,11-13,16H2,1-3H3;1H4/t18-,19+;/m0./s1. The van der Waals surface area contributed by atoms with E-state index in [0.717, 1.165) is 67.9 Å². The van der Waals surface area contributed by atoms with Crippen LogP contribution in [0, 0.1) is 12.7 Å². The lowest BCUT2D eigenvalue weighted by Gasteiger charge is -2.41. The van der Waals surface area contributed by atoms with Crippen molar-refractivity contribution in [2.24, 2.45) is 0 Å². The van der Waals surface area contributed by atoms with Crippen molar-refractivity contribution in [3.8, 4) is 11.3 Å². The first-order valence-electron chi connectivity index (χ1n) is 11.9. The summed E-state index contributed by atoms with van der Waals surface area (Å²) in [5.74, 6) is 2.20. The van der Waals surface area contributed by atoms with Gasteiger partial charge in [0.2, 0.25) is 5.95 Å². The van der Waals surface area contributed by atoms with Gasteiger partial charge in [-0.1, -0.05) is 31.2 Å². The molecule has 2 saturated heterocycles. The van der Waals surface area contributed by atoms with Crippen molar-refractivity contribution in [1.29, 1.82) is 0 Å². The van der Waals surface area contributed by atoms with Gasteiger partial charge in [0.25, 0.3) is 0 Å². The van der Waals surface area contributed by atoms with Gasteiger partial charge in [-0.3, -0.25) is 0 Å². The van der Waals surface area contributed by atoms with Crippen LogP contribution in [0.2, 0.25) is 5.02 Å². The van der Waals surface area contributed by atoms with Crippen LogP contribution in [-0.2, 0) is 0 Å². The Hall–Kier alpha value is -2.93. The fourth-order valence-corrected chi connectivity index (χ4v) is 5.17. The molecule has 8 heteroatoms. The van der Waals surface area contributed by atoms with E-state index in [9.17, 15) is 4.39 Å². The molecule has 35 heavy (non-hydrogen) atoms. The number of hydrogen-bond acceptors (Lipinski definition) is 6. The largest absolute Gasteiger partial charge is 0.352 e. The smallest absolute Gasteiger partial charge is 0.228 e. The van der Waals surface area contributed by atoms with Crippen molar-refractivity contribution >= 4 is 29.2 Å². The predicted molar refractivity (Wildman–Crippen MR) is 143 cm³/mol. The second-order valence-corrected chi connectivity index (χ2v) is 9.76. The second kappa shape index (κ2) is 10.4. The molecule has 2 aliphatic heterocycles. The third kappa shape index (κ3) is 5.06. The van der Waals surface area contributed by atoms with Crippen molar-refractivity contribution in [2.45, 2.75) is 53.1 Å². The summed E-state index contributed by atoms with van der Waals surface area (Å²) in [7, 11) is 0. The first-order valence-corrected chi connectivity index (χ1v) is 12.3. The van der Waals surface area contributed by atoms with Crippen molar-refractivity contribution in [1.82, 2.24) is 15.0 Å². The van der Waals surface area contributed by atoms with Gasteiger partial charge in [0.05, 0.1) is 10.7 Å². The Morgan fingerprint density at radius 2 is 1.83 bits per heavy atom. The fourth-order valence-electron chi connectivity index (χ4n) is 4.93. The first kappa shape index (κ1) is 25.2. The predicted octanol–water partition coefficient (Wildman–Crippen LogP) is 5.98. The maximum Gasteiger partial charge on any atom is 0.228 e. The number of hydrogen-bond donors (Lipinski definition) is 0. The summed E-state index contributed by atoms with van der Waals surface area (Å²) >= 11 is 6.40. The molecule has 0 radical (unpaired) electrons. The van der Waals surface area contributed by atoms with Gasteiger partial charge in [-0.25, -0.2) is 14.4 Å². The van der Waals surface area contributed by atoms with Gasteiger partial charge in [0.15, 0.2) is 0 Å². The molecule has 3 aromatic rings. The minimum absolute atomic E-state index is 0. The highest BCUT2D eigenvalue weighted by Crippen LogP contribution is 2.32. The number of piperazine rings is 1. The van der Waals surface area contributed by atoms with Gasteiger partial charge in [-0.05, 0) is 57.4 Å². The Bertz CT molecular complexity index is 1190. The van der Waals surface area contributed by atoms with E-state index < -0.39 is 0 Å². The zero-order chi connectivity index (χ0) is 23.8. The summed E-state index contributed by atoms with van der Waals surface area (Å²) in [4.78, 5) is 21.2. The van der Waals surface area contributed by atoms with Gasteiger partial charge in [0, 0.05) is 56.1 Å². The summed E-state index contributed by atoms with van der Waals surface area (Å²) in [5.41, 5.74) is 2.15. The molecule has 6 nitrogen and oxygen atoms in total. The monoisotopic (exact) mass is 496 g/mol. The molecule has 0 amide bonds. The van der Waals surface area contributed by atoms with Crippen LogP contribution in [0.15, 0.2) is 42.6 Å². The SMILES string of the molecule is C.Cc1ccc(-c2cc(N3CCN(c4ncccc4Cl)C[C@H]3C)nc(N3CCC[C@@H]3C)n2)cc1F. The van der Waals surface area contributed by atoms with Gasteiger partial charge < -0.3 is 14.7 Å². The van der Waals surface area contributed by atoms with Gasteiger partial charge in [0.1, 0.15) is 17.5 Å². The van der Waals surface area contributed by atoms with Crippen molar-refractivity contribution in [3.63, 3.8) is 0 Å². The maximum absolute atomic E-state index is 14.4. The zero-order valence-corrected chi connectivity index (χ0v) is 20.6. The van der Waals surface area contributed by atoms with Crippen LogP contribution in [0.25, 0.3) is 11.3 Å². The molecule has 186 valence electrons. The topological polar surface area (TPSA) is 48.4 Å². The molecule has 1 aromatic carbocycles. The maximum atomic E-state index is 14.4. The highest BCUT2D eigenvalue weighted by atomic mass is 35.5. The molecule has 0 aliphatic carbocycles. The van der Waals surface area contributed by atoms with Crippen LogP contribution in [0.4, 0.5) is 22.0 Å². The summed E-state index contributed by atoms with van der Waals surface area (Å²) in [6.07, 6.45) is 4.03. The number of halogens is 2. The number of benzene rings is 1. The van der Waals surface area contributed by atoms with Gasteiger partial charge in [-0.15, -0.1) is 0 Å². The van der Waals surface area contributed by atoms with E-state index in [1.807, 2.05) is 30.3 Å². The number of nitrogens with zero attached hydrogens (tertiary/aromatic N) is 6. The zero-order valence-electron chi connectivity index (χ0n) is 19.9. The molecule has 2 aromatic heterocycles. The highest BCUT2D eigenvalue weighted by Gasteiger charge is 2.29. The van der Waals surface area contributed by atoms with Crippen LogP contribution in [0.1, 0.15) is 39.7 Å². The van der Waals surface area contributed by atoms with Crippen molar-refractivity contribution < 1.29 is 4.39 Å². The molecule has 0 unspecified atom stereocenters. The van der Waals surface area contributed by atoms with E-state index in [2.05, 4.69) is 33.5 Å². The minimum Gasteiger partial charge on any atom is -0.352 e. The van der Waals surface area contributed by atoms with Crippen LogP contribution in [-0.4, -0.2) is 53.2 Å². The lowest BCUT2D eigenvalue weighted by Crippen LogP contribution is -2.52. The highest BCUT2D eigenvalue weighted by molar-refractivity contribution is 6.32. The van der Waals surface area contributed by atoms with Crippen LogP contribution >= 0.6 is 11.6 Å². The van der Waals surface area contributed by atoms with Crippen LogP contribution in [0.5, 0.6) is 0 Å². The van der Waals surface area contributed by atoms with Crippen LogP contribution in [0.3, 0.4) is 0 Å². The Kier molecular flexibility index (Phi) is 7.45. The average Bonchev–Trinajstić information content (AvgIpc) is 3.26. The number of aromatic nitrogens is 3. The van der Waals surface area contributed by atoms with E-state index in [-0.39, 0.29) is 19.3 Å². The molecular weight excluding hydrogens is 463 g/mol. The minimum atomic E-state index is -0.219. The molecule has 0 bridgehead atoms. The fraction of sp³-hybridized carbons (Fsp3) is 0.444. The van der Waals surface area contributed by atoms with Crippen LogP contribution < -0.4 is 14.7 Å². The van der Waals surface area contributed by atoms with E-state index >= 15 is 0 Å². The third-order valence-corrected chi connectivity index (χ3v) is 7.23. The first-order chi connectivity index (χ1) is 16.4. The average molecular weight is 497 g/mol. The van der Waals surface area contributed by atoms with Crippen molar-refractivity contribution in [3.05, 3.63) is 59.0 Å². The lowest BCUT2D eigenvalue weighted by atomic mass is 10.1. The Balaban J connectivity index is 0.00000289. The van der Waals surface area contributed by atoms with E-state index in [0.29, 0.717) is 16.6 Å². The summed E-state index contributed by atoms with van der Waals surface area (Å²) in [5, 5.41) is 0.666. The molecule has 0 saturated carbocycles. The summed E-state index contributed by atoms with van der Waals surface area (Å²) < 4.78 is 14.4. The Labute approximate surface area is 212 Å². The quantitative estimate of drug-likeness (QED) is 0.443. The molecule has 5 rings (SSSR count). The third-order valence-electron chi connectivity index (χ3n) is 6.94. The summed E-state index contributed by atoms with van der Waals surface area (Å²) in [6.45, 7) is 9.47. The van der Waals surface area contributed by atoms with E-state index in [1.54, 1.807) is 19.2 Å². The van der Waals surface area contributed by atoms with E-state index in [4.69, 9.17) is 21.6 Å². The molecule has 0 N–H and O–H groups in total. The van der Waals surface area contributed by atoms with E-state index in [1.165, 1.54) is 0 Å². The molecule has 4 heterocycles. The molecule has 2 fully saturated rings. The lowest BCUT2D eigenvalue weighted by molar-refractivity contribution is 0.542. The van der Waals surface area contributed by atoms with Crippen molar-refractivity contribution in [2.75, 3.05) is 40.9 Å². The molecule has 0 spiro atoms. The second-order valence-electron chi connectivity index (χ2n) is 9.36. The van der Waals surface area contributed by atoms with Gasteiger partial charge in [-0.2, -0.15) is 4.98 Å². The molecule has 2 aliphatic rings. The van der Waals surface area contributed by atoms with Gasteiger partial charge >= 0.3 is 0 Å². The molecular formula is C27H34ClFN6. The normalized spacial score (nSPS) is 20.2. The summed E-state index contributed by atoms with van der Waals surface area (Å²) in [6, 6.07) is 11.6. The number of aryl methyl sites for hydroxylation is 1.